The Balaban J connectivity index is 2.88. The summed E-state index contributed by atoms with van der Waals surface area (Å²) in [6.07, 6.45) is 5.09. The van der Waals surface area contributed by atoms with Crippen LogP contribution in [0.1, 0.15) is 17.3 Å². The van der Waals surface area contributed by atoms with Gasteiger partial charge in [-0.05, 0) is 19.1 Å². The molecule has 78 valence electrons. The van der Waals surface area contributed by atoms with Gasteiger partial charge in [-0.25, -0.2) is 0 Å². The maximum absolute atomic E-state index is 11.5. The minimum absolute atomic E-state index is 0.162. The predicted octanol–water partition coefficient (Wildman–Crippen LogP) is 0.849. The van der Waals surface area contributed by atoms with Crippen LogP contribution in [0.25, 0.3) is 0 Å². The van der Waals surface area contributed by atoms with Crippen LogP contribution in [0.2, 0.25) is 0 Å². The zero-order chi connectivity index (χ0) is 11.4. The Bertz CT molecular complexity index is 400. The van der Waals surface area contributed by atoms with E-state index in [0.717, 1.165) is 6.07 Å². The standard InChI is InChI=1S/C11H11NO3/c1-3-7(2)12-11(15)8-4-9(13)6-10(14)5-8/h1,4-7,13-14H,2H3,(H,12,15). The molecule has 0 aliphatic carbocycles. The van der Waals surface area contributed by atoms with E-state index in [9.17, 15) is 4.79 Å². The molecule has 0 bridgehead atoms. The fraction of sp³-hybridized carbons (Fsp3) is 0.182. The Hall–Kier alpha value is -2.15. The van der Waals surface area contributed by atoms with Crippen LogP contribution in [0.15, 0.2) is 18.2 Å². The normalized spacial score (nSPS) is 11.5. The highest BCUT2D eigenvalue weighted by molar-refractivity contribution is 5.95. The lowest BCUT2D eigenvalue weighted by Gasteiger charge is -2.08. The van der Waals surface area contributed by atoms with Crippen molar-refractivity contribution in [2.24, 2.45) is 0 Å². The summed E-state index contributed by atoms with van der Waals surface area (Å²) in [4.78, 5) is 11.5. The maximum atomic E-state index is 11.5. The van der Waals surface area contributed by atoms with Gasteiger partial charge in [0.2, 0.25) is 0 Å². The van der Waals surface area contributed by atoms with Crippen LogP contribution in [0, 0.1) is 12.3 Å². The predicted molar refractivity (Wildman–Crippen MR) is 55.5 cm³/mol. The molecule has 1 aromatic carbocycles. The summed E-state index contributed by atoms with van der Waals surface area (Å²) >= 11 is 0. The molecule has 0 fully saturated rings. The summed E-state index contributed by atoms with van der Waals surface area (Å²) in [6, 6.07) is 3.24. The topological polar surface area (TPSA) is 69.6 Å². The number of terminal acetylenes is 1. The molecule has 0 aliphatic rings. The first-order valence-electron chi connectivity index (χ1n) is 4.33. The molecule has 1 aromatic rings. The summed E-state index contributed by atoms with van der Waals surface area (Å²) in [6.45, 7) is 1.65. The Morgan fingerprint density at radius 1 is 1.40 bits per heavy atom. The van der Waals surface area contributed by atoms with Crippen LogP contribution >= 0.6 is 0 Å². The van der Waals surface area contributed by atoms with Gasteiger partial charge >= 0.3 is 0 Å². The molecule has 0 spiro atoms. The third-order valence-electron chi connectivity index (χ3n) is 1.76. The second kappa shape index (κ2) is 4.38. The Labute approximate surface area is 87.6 Å². The highest BCUT2D eigenvalue weighted by Crippen LogP contribution is 2.20. The van der Waals surface area contributed by atoms with Crippen LogP contribution < -0.4 is 5.32 Å². The Kier molecular flexibility index (Phi) is 3.19. The third kappa shape index (κ3) is 2.92. The first-order valence-corrected chi connectivity index (χ1v) is 4.33. The molecular weight excluding hydrogens is 194 g/mol. The van der Waals surface area contributed by atoms with Crippen LogP contribution in [0.4, 0.5) is 0 Å². The number of hydrogen-bond donors (Lipinski definition) is 3. The van der Waals surface area contributed by atoms with Gasteiger partial charge in [-0.15, -0.1) is 6.42 Å². The second-order valence-electron chi connectivity index (χ2n) is 3.10. The summed E-state index contributed by atoms with van der Waals surface area (Å²) in [5, 5.41) is 20.8. The number of benzene rings is 1. The van der Waals surface area contributed by atoms with Gasteiger partial charge in [-0.2, -0.15) is 0 Å². The van der Waals surface area contributed by atoms with E-state index in [1.54, 1.807) is 6.92 Å². The number of nitrogens with one attached hydrogen (secondary N) is 1. The average Bonchev–Trinajstić information content (AvgIpc) is 2.16. The van der Waals surface area contributed by atoms with Gasteiger partial charge in [-0.3, -0.25) is 4.79 Å². The van der Waals surface area contributed by atoms with Crippen molar-refractivity contribution in [2.45, 2.75) is 13.0 Å². The van der Waals surface area contributed by atoms with E-state index in [0.29, 0.717) is 0 Å². The van der Waals surface area contributed by atoms with Crippen molar-refractivity contribution in [3.8, 4) is 23.8 Å². The zero-order valence-corrected chi connectivity index (χ0v) is 8.19. The van der Waals surface area contributed by atoms with Gasteiger partial charge in [-0.1, -0.05) is 5.92 Å². The Morgan fingerprint density at radius 3 is 2.40 bits per heavy atom. The van der Waals surface area contributed by atoms with Gasteiger partial charge in [0.05, 0.1) is 6.04 Å². The first kappa shape index (κ1) is 10.9. The molecule has 1 rings (SSSR count). The maximum Gasteiger partial charge on any atom is 0.252 e. The number of aromatic hydroxyl groups is 2. The molecule has 0 saturated carbocycles. The van der Waals surface area contributed by atoms with Crippen molar-refractivity contribution in [2.75, 3.05) is 0 Å². The summed E-state index contributed by atoms with van der Waals surface area (Å²) in [5.74, 6) is 1.55. The molecular formula is C11H11NO3. The van der Waals surface area contributed by atoms with E-state index < -0.39 is 11.9 Å². The lowest BCUT2D eigenvalue weighted by atomic mass is 10.2. The highest BCUT2D eigenvalue weighted by atomic mass is 16.3. The zero-order valence-electron chi connectivity index (χ0n) is 8.19. The number of carbonyl (C=O) groups excluding carboxylic acids is 1. The first-order chi connectivity index (χ1) is 7.02. The van der Waals surface area contributed by atoms with E-state index >= 15 is 0 Å². The molecule has 1 atom stereocenters. The smallest absolute Gasteiger partial charge is 0.252 e. The van der Waals surface area contributed by atoms with E-state index in [1.165, 1.54) is 12.1 Å². The molecule has 4 heteroatoms. The van der Waals surface area contributed by atoms with Crippen molar-refractivity contribution in [3.63, 3.8) is 0 Å². The number of hydrogen-bond acceptors (Lipinski definition) is 3. The second-order valence-corrected chi connectivity index (χ2v) is 3.10. The van der Waals surface area contributed by atoms with Crippen molar-refractivity contribution < 1.29 is 15.0 Å². The number of phenols is 2. The van der Waals surface area contributed by atoms with Gasteiger partial charge in [0.25, 0.3) is 5.91 Å². The number of rotatable bonds is 2. The number of amides is 1. The minimum atomic E-state index is -0.438. The molecule has 0 saturated heterocycles. The van der Waals surface area contributed by atoms with Crippen molar-refractivity contribution in [1.82, 2.24) is 5.32 Å². The third-order valence-corrected chi connectivity index (χ3v) is 1.76. The fourth-order valence-corrected chi connectivity index (χ4v) is 1.05. The summed E-state index contributed by atoms with van der Waals surface area (Å²) in [7, 11) is 0. The number of phenolic OH excluding ortho intramolecular Hbond substituents is 2. The van der Waals surface area contributed by atoms with E-state index in [4.69, 9.17) is 16.6 Å². The Morgan fingerprint density at radius 2 is 1.93 bits per heavy atom. The van der Waals surface area contributed by atoms with Crippen LogP contribution in [-0.4, -0.2) is 22.2 Å². The lowest BCUT2D eigenvalue weighted by molar-refractivity contribution is 0.0947. The molecule has 1 amide bonds. The van der Waals surface area contributed by atoms with E-state index in [2.05, 4.69) is 11.2 Å². The summed E-state index contributed by atoms with van der Waals surface area (Å²) < 4.78 is 0. The quantitative estimate of drug-likeness (QED) is 0.627. The average molecular weight is 205 g/mol. The molecule has 0 heterocycles. The van der Waals surface area contributed by atoms with Crippen LogP contribution in [0.5, 0.6) is 11.5 Å². The van der Waals surface area contributed by atoms with E-state index in [-0.39, 0.29) is 17.1 Å². The minimum Gasteiger partial charge on any atom is -0.508 e. The monoisotopic (exact) mass is 205 g/mol. The van der Waals surface area contributed by atoms with E-state index in [1.807, 2.05) is 0 Å². The van der Waals surface area contributed by atoms with Gasteiger partial charge in [0, 0.05) is 11.6 Å². The molecule has 0 aliphatic heterocycles. The molecule has 4 nitrogen and oxygen atoms in total. The van der Waals surface area contributed by atoms with Crippen molar-refractivity contribution >= 4 is 5.91 Å². The van der Waals surface area contributed by atoms with Gasteiger partial charge in [0.15, 0.2) is 0 Å². The van der Waals surface area contributed by atoms with Crippen LogP contribution in [0.3, 0.4) is 0 Å². The molecule has 0 radical (unpaired) electrons. The SMILES string of the molecule is C#CC(C)NC(=O)c1cc(O)cc(O)c1. The van der Waals surface area contributed by atoms with Crippen LogP contribution in [-0.2, 0) is 0 Å². The number of carbonyl (C=O) groups is 1. The largest absolute Gasteiger partial charge is 0.508 e. The van der Waals surface area contributed by atoms with Gasteiger partial charge in [0.1, 0.15) is 11.5 Å². The fourth-order valence-electron chi connectivity index (χ4n) is 1.05. The van der Waals surface area contributed by atoms with Gasteiger partial charge < -0.3 is 15.5 Å². The molecule has 3 N–H and O–H groups in total. The molecule has 0 aromatic heterocycles. The molecule has 15 heavy (non-hydrogen) atoms. The molecule has 1 unspecified atom stereocenters. The summed E-state index contributed by atoms with van der Waals surface area (Å²) in [5.41, 5.74) is 0.162. The van der Waals surface area contributed by atoms with Crippen molar-refractivity contribution in [1.29, 1.82) is 0 Å². The lowest BCUT2D eigenvalue weighted by Crippen LogP contribution is -2.31. The van der Waals surface area contributed by atoms with Crippen molar-refractivity contribution in [3.05, 3.63) is 23.8 Å². The highest BCUT2D eigenvalue weighted by Gasteiger charge is 2.09.